The van der Waals surface area contributed by atoms with Crippen molar-refractivity contribution >= 4 is 46.7 Å². The normalized spacial score (nSPS) is 15.3. The first kappa shape index (κ1) is 59.7. The molecule has 0 saturated carbocycles. The van der Waals surface area contributed by atoms with E-state index < -0.39 is 0 Å². The van der Waals surface area contributed by atoms with Crippen molar-refractivity contribution in [1.82, 2.24) is 16.0 Å². The number of amidine groups is 3. The van der Waals surface area contributed by atoms with Crippen LogP contribution in [0.15, 0.2) is 168 Å². The molecule has 0 bridgehead atoms. The molecule has 0 aliphatic carbocycles. The fourth-order valence-corrected chi connectivity index (χ4v) is 9.90. The molecule has 6 heterocycles. The molecular formula is C61H83BN7O6PS. The van der Waals surface area contributed by atoms with Crippen molar-refractivity contribution < 1.29 is 45.8 Å². The minimum Gasteiger partial charge on any atom is -0.872 e. The van der Waals surface area contributed by atoms with Crippen LogP contribution in [0.4, 0.5) is 0 Å². The Morgan fingerprint density at radius 3 is 1.13 bits per heavy atom. The molecule has 6 aliphatic rings. The van der Waals surface area contributed by atoms with Crippen molar-refractivity contribution in [3.8, 4) is 23.0 Å². The van der Waals surface area contributed by atoms with Crippen molar-refractivity contribution in [3.05, 3.63) is 180 Å². The fraction of sp³-hybridized carbons (Fsp3) is 0.361. The molecule has 7 N–H and O–H groups in total. The zero-order valence-corrected chi connectivity index (χ0v) is 47.0. The van der Waals surface area contributed by atoms with Crippen LogP contribution in [0.5, 0.6) is 23.0 Å². The Labute approximate surface area is 470 Å². The van der Waals surface area contributed by atoms with Gasteiger partial charge in [0.25, 0.3) is 0 Å². The SMILES string of the molecule is C1CNC2=[N+](C1)CCC2.C1CNC2=[N+](C1)CCC2.C1CNC2=[N+](C1)CCC2.CO.C[O-].[2H]B=N[3H].[2H]P.[O-]c1ccc(Cc2ccc(O)cc2)cc1.[O-]c1ccc(Sc2ccc(O)cc2)cc1.c1ccc(Cc2ccccc2)cc1. The minimum atomic E-state index is 0.0186. The van der Waals surface area contributed by atoms with E-state index in [2.05, 4.69) is 95.6 Å². The molecule has 0 spiro atoms. The Balaban J connectivity index is 0.000000246. The van der Waals surface area contributed by atoms with Gasteiger partial charge in [-0.1, -0.05) is 121 Å². The Morgan fingerprint density at radius 1 is 0.506 bits per heavy atom. The average molecular weight is 1090 g/mol. The van der Waals surface area contributed by atoms with Gasteiger partial charge in [-0.3, -0.25) is 29.7 Å². The average Bonchev–Trinajstić information content (AvgIpc) is 4.34. The summed E-state index contributed by atoms with van der Waals surface area (Å²) in [5.41, 5.74) is 4.95. The zero-order chi connectivity index (χ0) is 58.0. The van der Waals surface area contributed by atoms with Crippen LogP contribution in [0.25, 0.3) is 0 Å². The molecule has 6 aromatic carbocycles. The molecule has 13 nitrogen and oxygen atoms in total. The number of rotatable bonds is 6. The molecular weight excluding hydrogens is 1000 g/mol. The van der Waals surface area contributed by atoms with Crippen LogP contribution in [0.1, 0.15) is 80.0 Å². The van der Waals surface area contributed by atoms with Gasteiger partial charge in [0.1, 0.15) is 11.5 Å². The third-order valence-electron chi connectivity index (χ3n) is 12.7. The molecule has 12 rings (SSSR count). The monoisotopic (exact) mass is 1090 g/mol. The molecule has 0 radical (unpaired) electrons. The van der Waals surface area contributed by atoms with E-state index in [0.29, 0.717) is 7.60 Å². The van der Waals surface area contributed by atoms with Gasteiger partial charge in [0.15, 0.2) is 0 Å². The Hall–Kier alpha value is -6.51. The summed E-state index contributed by atoms with van der Waals surface area (Å²) in [6.45, 7) is 11.4. The second-order valence-corrected chi connectivity index (χ2v) is 19.3. The number of nitrogens with one attached hydrogen (secondary N) is 4. The van der Waals surface area contributed by atoms with Crippen LogP contribution < -0.4 is 31.3 Å². The maximum Gasteiger partial charge on any atom is 0.115 e. The number of phenolic OH excluding ortho intramolecular Hbond substituents is 2. The van der Waals surface area contributed by atoms with Crippen molar-refractivity contribution in [2.75, 3.05) is 73.1 Å². The number of aliphatic hydroxyl groups is 1. The number of hydrogen-bond donors (Lipinski definition) is 7. The topological polar surface area (TPSA) is 199 Å². The molecule has 16 heteroatoms. The van der Waals surface area contributed by atoms with Crippen LogP contribution in [0, 0.1) is 5.31 Å². The number of nitrogens with zero attached hydrogens (tertiary/aromatic N) is 3. The smallest absolute Gasteiger partial charge is 0.115 e. The minimum absolute atomic E-state index is 0.0186. The van der Waals surface area contributed by atoms with Crippen molar-refractivity contribution in [2.24, 2.45) is 0 Å². The summed E-state index contributed by atoms with van der Waals surface area (Å²) in [7, 11) is 4.08. The van der Waals surface area contributed by atoms with Gasteiger partial charge in [-0.2, -0.15) is 17.0 Å². The standard InChI is InChI=1S/C13H12O2.C13H12.C12H10O2S.3C7H12N2.CH4O.CH3O.BH2N.H3P/c14-12-5-1-10(2-6-12)9-11-3-7-13(15)8-4-11;1-3-7-12(8-4-1)11-13-9-5-2-6-10-13;13-9-1-5-11(6-2-9)15-12-7-3-10(14)4-8-12;3*1-3-7-8-4-2-6-9(7)5-1;3*1-2;/h1-8,14-15H,9H2;1-10H,11H2;1-8,13-14H;3*1-6H2;2H,1H3;1H3;1-2H;1H3/q;;;;;;;-1;;/p+1/i;;;;;;;;1D,2T;1D. The molecule has 6 aromatic rings. The molecule has 6 aliphatic heterocycles. The van der Waals surface area contributed by atoms with Gasteiger partial charge in [-0.05, 0) is 103 Å². The van der Waals surface area contributed by atoms with Crippen LogP contribution in [-0.4, -0.2) is 130 Å². The summed E-state index contributed by atoms with van der Waals surface area (Å²) in [5, 5.41) is 68.0. The second-order valence-electron chi connectivity index (χ2n) is 18.2. The van der Waals surface area contributed by atoms with Crippen LogP contribution in [-0.2, 0) is 12.8 Å². The van der Waals surface area contributed by atoms with Crippen molar-refractivity contribution in [3.63, 3.8) is 0 Å². The van der Waals surface area contributed by atoms with E-state index in [9.17, 15) is 10.2 Å². The van der Waals surface area contributed by atoms with Crippen molar-refractivity contribution in [1.29, 1.82) is 7.92 Å². The maximum absolute atomic E-state index is 10.9. The Morgan fingerprint density at radius 2 is 0.792 bits per heavy atom. The third kappa shape index (κ3) is 25.0. The summed E-state index contributed by atoms with van der Waals surface area (Å²) < 4.78 is 24.9. The summed E-state index contributed by atoms with van der Waals surface area (Å²) >= 11 is 1.55. The van der Waals surface area contributed by atoms with E-state index in [1.54, 1.807) is 82.3 Å². The molecule has 1 atom stereocenters. The molecule has 0 saturated heterocycles. The van der Waals surface area contributed by atoms with Crippen LogP contribution in [0.3, 0.4) is 0 Å². The molecule has 1 unspecified atom stereocenters. The summed E-state index contributed by atoms with van der Waals surface area (Å²) in [5.74, 6) is 5.08. The molecule has 0 amide bonds. The van der Waals surface area contributed by atoms with E-state index in [-0.39, 0.29) is 23.0 Å². The molecule has 77 heavy (non-hydrogen) atoms. The zero-order valence-electron chi connectivity index (χ0n) is 48.1. The largest absolute Gasteiger partial charge is 0.872 e. The number of aliphatic hydroxyl groups excluding tert-OH is 1. The molecule has 0 aromatic heterocycles. The van der Waals surface area contributed by atoms with E-state index in [1.165, 1.54) is 145 Å². The number of phenols is 2. The molecule has 412 valence electrons. The van der Waals surface area contributed by atoms with Crippen LogP contribution in [0.2, 0.25) is 1.41 Å². The summed E-state index contributed by atoms with van der Waals surface area (Å²) in [6, 6.07) is 48.6. The van der Waals surface area contributed by atoms with Gasteiger partial charge in [0.05, 0.1) is 79.4 Å². The quantitative estimate of drug-likeness (QED) is 0.0530. The van der Waals surface area contributed by atoms with Crippen LogP contribution >= 0.6 is 21.6 Å². The van der Waals surface area contributed by atoms with Gasteiger partial charge in [-0.25, -0.2) is 0 Å². The summed E-state index contributed by atoms with van der Waals surface area (Å²) in [4.78, 5) is 2.05. The van der Waals surface area contributed by atoms with E-state index >= 15 is 0 Å². The maximum atomic E-state index is 10.9. The first-order chi connectivity index (χ1) is 39.2. The van der Waals surface area contributed by atoms with E-state index in [4.69, 9.17) is 24.5 Å². The predicted molar refractivity (Wildman–Crippen MR) is 316 cm³/mol. The van der Waals surface area contributed by atoms with Gasteiger partial charge in [0.2, 0.25) is 17.5 Å². The van der Waals surface area contributed by atoms with Crippen molar-refractivity contribution in [2.45, 2.75) is 80.4 Å². The van der Waals surface area contributed by atoms with Gasteiger partial charge in [-0.15, -0.1) is 11.5 Å². The Bertz CT molecular complexity index is 2350. The third-order valence-corrected chi connectivity index (χ3v) is 13.7. The number of hydrogen-bond acceptors (Lipinski definition) is 11. The van der Waals surface area contributed by atoms with Gasteiger partial charge in [0, 0.05) is 36.2 Å². The number of aromatic hydroxyl groups is 2. The van der Waals surface area contributed by atoms with E-state index in [0.717, 1.165) is 48.0 Å². The second kappa shape index (κ2) is 38.9. The Kier molecular flexibility index (Phi) is 30.2. The predicted octanol–water partition coefficient (Wildman–Crippen LogP) is 6.80. The van der Waals surface area contributed by atoms with Gasteiger partial charge >= 0.3 is 15.7 Å². The first-order valence-electron chi connectivity index (χ1n) is 27.9. The van der Waals surface area contributed by atoms with Gasteiger partial charge < -0.3 is 30.6 Å². The molecule has 0 fully saturated rings. The summed E-state index contributed by atoms with van der Waals surface area (Å²) in [6.07, 6.45) is 13.7. The fourth-order valence-electron chi connectivity index (χ4n) is 9.08. The first-order valence-corrected chi connectivity index (χ1v) is 27.2. The number of benzene rings is 6. The van der Waals surface area contributed by atoms with E-state index in [1.807, 2.05) is 36.4 Å².